The molecule has 48 valence electrons. The second-order valence-electron chi connectivity index (χ2n) is 2.01. The van der Waals surface area contributed by atoms with Crippen LogP contribution in [0.1, 0.15) is 12.8 Å². The molecular formula is C5H8Cl2O. The van der Waals surface area contributed by atoms with Crippen molar-refractivity contribution in [1.82, 2.24) is 0 Å². The summed E-state index contributed by atoms with van der Waals surface area (Å²) in [6, 6.07) is 0. The highest BCUT2D eigenvalue weighted by molar-refractivity contribution is 6.48. The predicted octanol–water partition coefficient (Wildman–Crippen LogP) is 1.97. The summed E-state index contributed by atoms with van der Waals surface area (Å²) in [5.41, 5.74) is 0. The van der Waals surface area contributed by atoms with Gasteiger partial charge < -0.3 is 4.74 Å². The third-order valence-electron chi connectivity index (χ3n) is 1.14. The first-order valence-corrected chi connectivity index (χ1v) is 3.42. The van der Waals surface area contributed by atoms with Gasteiger partial charge in [0.25, 0.3) is 0 Å². The lowest BCUT2D eigenvalue weighted by Gasteiger charge is -2.23. The van der Waals surface area contributed by atoms with Gasteiger partial charge in [0.05, 0.1) is 6.61 Å². The Morgan fingerprint density at radius 2 is 2.12 bits per heavy atom. The SMILES string of the molecule is ClC1(Cl)CCCOC1. The van der Waals surface area contributed by atoms with E-state index < -0.39 is 4.33 Å². The molecule has 1 aliphatic heterocycles. The van der Waals surface area contributed by atoms with E-state index in [1.54, 1.807) is 0 Å². The minimum Gasteiger partial charge on any atom is -0.378 e. The standard InChI is InChI=1S/C5H8Cl2O/c6-5(7)2-1-3-8-4-5/h1-4H2. The second-order valence-corrected chi connectivity index (χ2v) is 3.65. The summed E-state index contributed by atoms with van der Waals surface area (Å²) in [6.07, 6.45) is 1.84. The van der Waals surface area contributed by atoms with Gasteiger partial charge >= 0.3 is 0 Å². The maximum Gasteiger partial charge on any atom is 0.141 e. The van der Waals surface area contributed by atoms with Crippen LogP contribution in [0.2, 0.25) is 0 Å². The van der Waals surface area contributed by atoms with Crippen molar-refractivity contribution in [3.8, 4) is 0 Å². The fraction of sp³-hybridized carbons (Fsp3) is 1.00. The van der Waals surface area contributed by atoms with Crippen molar-refractivity contribution in [2.75, 3.05) is 13.2 Å². The predicted molar refractivity (Wildman–Crippen MR) is 34.5 cm³/mol. The first-order chi connectivity index (χ1) is 3.71. The van der Waals surface area contributed by atoms with Gasteiger partial charge in [0.1, 0.15) is 4.33 Å². The minimum atomic E-state index is -0.599. The first kappa shape index (κ1) is 6.66. The van der Waals surface area contributed by atoms with Gasteiger partial charge in [-0.25, -0.2) is 0 Å². The number of hydrogen-bond acceptors (Lipinski definition) is 1. The third kappa shape index (κ3) is 1.81. The van der Waals surface area contributed by atoms with Crippen LogP contribution in [-0.2, 0) is 4.74 Å². The molecule has 0 aliphatic carbocycles. The van der Waals surface area contributed by atoms with Crippen LogP contribution >= 0.6 is 23.2 Å². The van der Waals surface area contributed by atoms with Gasteiger partial charge in [-0.15, -0.1) is 0 Å². The summed E-state index contributed by atoms with van der Waals surface area (Å²) < 4.78 is 4.42. The average Bonchev–Trinajstić information content (AvgIpc) is 1.65. The lowest BCUT2D eigenvalue weighted by molar-refractivity contribution is 0.0897. The van der Waals surface area contributed by atoms with Crippen LogP contribution < -0.4 is 0 Å². The summed E-state index contributed by atoms with van der Waals surface area (Å²) in [4.78, 5) is 0. The van der Waals surface area contributed by atoms with Crippen molar-refractivity contribution < 1.29 is 4.74 Å². The molecule has 1 heterocycles. The van der Waals surface area contributed by atoms with E-state index in [9.17, 15) is 0 Å². The quantitative estimate of drug-likeness (QED) is 0.486. The highest BCUT2D eigenvalue weighted by Crippen LogP contribution is 2.29. The molecule has 8 heavy (non-hydrogen) atoms. The zero-order valence-corrected chi connectivity index (χ0v) is 6.00. The molecule has 0 spiro atoms. The number of hydrogen-bond donors (Lipinski definition) is 0. The summed E-state index contributed by atoms with van der Waals surface area (Å²) in [5, 5.41) is 0. The van der Waals surface area contributed by atoms with E-state index >= 15 is 0 Å². The molecule has 0 bridgehead atoms. The van der Waals surface area contributed by atoms with E-state index in [0.717, 1.165) is 19.4 Å². The molecule has 1 aliphatic rings. The maximum absolute atomic E-state index is 5.71. The molecule has 0 aromatic rings. The van der Waals surface area contributed by atoms with E-state index in [4.69, 9.17) is 27.9 Å². The molecule has 0 atom stereocenters. The van der Waals surface area contributed by atoms with Crippen LogP contribution in [0.5, 0.6) is 0 Å². The maximum atomic E-state index is 5.71. The van der Waals surface area contributed by atoms with Gasteiger partial charge in [0, 0.05) is 6.61 Å². The Bertz CT molecular complexity index is 74.5. The molecule has 0 amide bonds. The third-order valence-corrected chi connectivity index (χ3v) is 1.74. The number of alkyl halides is 2. The van der Waals surface area contributed by atoms with Crippen LogP contribution in [0.3, 0.4) is 0 Å². The Morgan fingerprint density at radius 3 is 2.38 bits per heavy atom. The summed E-state index contributed by atoms with van der Waals surface area (Å²) in [5.74, 6) is 0. The molecule has 0 aromatic heterocycles. The monoisotopic (exact) mass is 154 g/mol. The fourth-order valence-corrected chi connectivity index (χ4v) is 1.15. The first-order valence-electron chi connectivity index (χ1n) is 2.66. The van der Waals surface area contributed by atoms with E-state index in [-0.39, 0.29) is 0 Å². The van der Waals surface area contributed by atoms with Gasteiger partial charge in [0.2, 0.25) is 0 Å². The Morgan fingerprint density at radius 1 is 1.38 bits per heavy atom. The van der Waals surface area contributed by atoms with Crippen LogP contribution in [0.25, 0.3) is 0 Å². The molecular weight excluding hydrogens is 147 g/mol. The Balaban J connectivity index is 2.33. The van der Waals surface area contributed by atoms with Crippen molar-refractivity contribution >= 4 is 23.2 Å². The zero-order chi connectivity index (χ0) is 6.04. The van der Waals surface area contributed by atoms with Crippen molar-refractivity contribution in [3.05, 3.63) is 0 Å². The van der Waals surface area contributed by atoms with E-state index in [1.165, 1.54) is 0 Å². The molecule has 0 saturated carbocycles. The zero-order valence-electron chi connectivity index (χ0n) is 4.49. The topological polar surface area (TPSA) is 9.23 Å². The van der Waals surface area contributed by atoms with E-state index in [1.807, 2.05) is 0 Å². The van der Waals surface area contributed by atoms with Crippen molar-refractivity contribution in [2.45, 2.75) is 17.2 Å². The smallest absolute Gasteiger partial charge is 0.141 e. The van der Waals surface area contributed by atoms with Crippen molar-refractivity contribution in [1.29, 1.82) is 0 Å². The van der Waals surface area contributed by atoms with Gasteiger partial charge in [-0.3, -0.25) is 0 Å². The molecule has 1 nitrogen and oxygen atoms in total. The number of rotatable bonds is 0. The van der Waals surface area contributed by atoms with Crippen LogP contribution in [0.4, 0.5) is 0 Å². The molecule has 0 N–H and O–H groups in total. The van der Waals surface area contributed by atoms with E-state index in [2.05, 4.69) is 0 Å². The molecule has 1 saturated heterocycles. The summed E-state index contributed by atoms with van der Waals surface area (Å²) in [6.45, 7) is 1.29. The summed E-state index contributed by atoms with van der Waals surface area (Å²) >= 11 is 11.4. The molecule has 3 heteroatoms. The molecule has 0 radical (unpaired) electrons. The minimum absolute atomic E-state index is 0.482. The van der Waals surface area contributed by atoms with Gasteiger partial charge in [-0.05, 0) is 12.8 Å². The highest BCUT2D eigenvalue weighted by Gasteiger charge is 2.26. The van der Waals surface area contributed by atoms with Crippen molar-refractivity contribution in [3.63, 3.8) is 0 Å². The molecule has 1 rings (SSSR count). The van der Waals surface area contributed by atoms with E-state index in [0.29, 0.717) is 6.61 Å². The Labute approximate surface area is 58.9 Å². The molecule has 0 aromatic carbocycles. The van der Waals surface area contributed by atoms with Gasteiger partial charge in [0.15, 0.2) is 0 Å². The highest BCUT2D eigenvalue weighted by atomic mass is 35.5. The lowest BCUT2D eigenvalue weighted by Crippen LogP contribution is -2.26. The van der Waals surface area contributed by atoms with Crippen LogP contribution in [0, 0.1) is 0 Å². The Hall–Kier alpha value is 0.540. The normalized spacial score (nSPS) is 27.8. The van der Waals surface area contributed by atoms with Crippen LogP contribution in [0.15, 0.2) is 0 Å². The van der Waals surface area contributed by atoms with Crippen molar-refractivity contribution in [2.24, 2.45) is 0 Å². The molecule has 0 unspecified atom stereocenters. The number of ether oxygens (including phenoxy) is 1. The summed E-state index contributed by atoms with van der Waals surface area (Å²) in [7, 11) is 0. The second kappa shape index (κ2) is 2.42. The molecule has 1 fully saturated rings. The average molecular weight is 155 g/mol. The van der Waals surface area contributed by atoms with Crippen LogP contribution in [-0.4, -0.2) is 17.5 Å². The Kier molecular flexibility index (Phi) is 2.02. The van der Waals surface area contributed by atoms with Gasteiger partial charge in [-0.1, -0.05) is 23.2 Å². The fourth-order valence-electron chi connectivity index (χ4n) is 0.727. The largest absolute Gasteiger partial charge is 0.378 e. The number of halogens is 2. The lowest BCUT2D eigenvalue weighted by atomic mass is 10.2. The van der Waals surface area contributed by atoms with Gasteiger partial charge in [-0.2, -0.15) is 0 Å².